The summed E-state index contributed by atoms with van der Waals surface area (Å²) in [6.45, 7) is 3.98. The first-order valence-corrected chi connectivity index (χ1v) is 5.38. The second-order valence-corrected chi connectivity index (χ2v) is 3.84. The molecule has 0 spiro atoms. The fourth-order valence-corrected chi connectivity index (χ4v) is 1.57. The average molecular weight is 219 g/mol. The number of nitrogens with zero attached hydrogens (tertiary/aromatic N) is 2. The van der Waals surface area contributed by atoms with E-state index < -0.39 is 0 Å². The molecule has 2 aromatic rings. The van der Waals surface area contributed by atoms with Crippen molar-refractivity contribution < 1.29 is 4.39 Å². The molecular weight excluding hydrogens is 205 g/mol. The Labute approximate surface area is 93.7 Å². The van der Waals surface area contributed by atoms with Crippen LogP contribution in [0.15, 0.2) is 18.2 Å². The molecule has 0 aliphatic rings. The number of rotatable bonds is 3. The Balaban J connectivity index is 2.38. The highest BCUT2D eigenvalue weighted by atomic mass is 19.1. The summed E-state index contributed by atoms with van der Waals surface area (Å²) in [6.07, 6.45) is 1.82. The van der Waals surface area contributed by atoms with Crippen LogP contribution in [0.4, 0.5) is 4.39 Å². The van der Waals surface area contributed by atoms with Crippen LogP contribution in [0.25, 0.3) is 11.4 Å². The number of nitrogens with one attached hydrogen (secondary N) is 1. The van der Waals surface area contributed by atoms with Crippen LogP contribution < -0.4 is 0 Å². The lowest BCUT2D eigenvalue weighted by Crippen LogP contribution is -1.88. The predicted molar refractivity (Wildman–Crippen MR) is 60.5 cm³/mol. The van der Waals surface area contributed by atoms with Gasteiger partial charge >= 0.3 is 0 Å². The summed E-state index contributed by atoms with van der Waals surface area (Å²) in [5.41, 5.74) is 1.46. The molecule has 1 N–H and O–H groups in total. The van der Waals surface area contributed by atoms with Gasteiger partial charge in [0.25, 0.3) is 0 Å². The van der Waals surface area contributed by atoms with Gasteiger partial charge in [0.1, 0.15) is 11.6 Å². The van der Waals surface area contributed by atoms with E-state index in [0.29, 0.717) is 11.4 Å². The van der Waals surface area contributed by atoms with E-state index >= 15 is 0 Å². The third-order valence-electron chi connectivity index (χ3n) is 2.38. The molecule has 0 bridgehead atoms. The zero-order valence-electron chi connectivity index (χ0n) is 9.42. The van der Waals surface area contributed by atoms with E-state index in [9.17, 15) is 4.39 Å². The zero-order chi connectivity index (χ0) is 11.5. The molecule has 0 unspecified atom stereocenters. The van der Waals surface area contributed by atoms with E-state index in [-0.39, 0.29) is 5.82 Å². The van der Waals surface area contributed by atoms with Crippen molar-refractivity contribution in [1.82, 2.24) is 15.2 Å². The maximum Gasteiger partial charge on any atom is 0.184 e. The maximum absolute atomic E-state index is 13.6. The quantitative estimate of drug-likeness (QED) is 0.862. The Hall–Kier alpha value is -1.71. The molecule has 4 heteroatoms. The monoisotopic (exact) mass is 219 g/mol. The van der Waals surface area contributed by atoms with Gasteiger partial charge in [0.15, 0.2) is 5.82 Å². The summed E-state index contributed by atoms with van der Waals surface area (Å²) in [4.78, 5) is 4.27. The first-order valence-electron chi connectivity index (χ1n) is 5.38. The highest BCUT2D eigenvalue weighted by Gasteiger charge is 2.10. The number of aromatic amines is 1. The molecule has 0 saturated heterocycles. The van der Waals surface area contributed by atoms with Crippen LogP contribution in [-0.4, -0.2) is 15.2 Å². The largest absolute Gasteiger partial charge is 0.263 e. The summed E-state index contributed by atoms with van der Waals surface area (Å²) in [7, 11) is 0. The van der Waals surface area contributed by atoms with E-state index in [4.69, 9.17) is 0 Å². The number of H-pyrrole nitrogens is 1. The lowest BCUT2D eigenvalue weighted by molar-refractivity contribution is 0.629. The first kappa shape index (κ1) is 10.8. The van der Waals surface area contributed by atoms with E-state index in [1.807, 2.05) is 6.92 Å². The molecule has 0 atom stereocenters. The van der Waals surface area contributed by atoms with Gasteiger partial charge in [-0.2, -0.15) is 5.10 Å². The van der Waals surface area contributed by atoms with E-state index in [1.165, 1.54) is 6.07 Å². The highest BCUT2D eigenvalue weighted by Crippen LogP contribution is 2.20. The molecule has 3 nitrogen and oxygen atoms in total. The maximum atomic E-state index is 13.6. The summed E-state index contributed by atoms with van der Waals surface area (Å²) < 4.78 is 13.6. The fourth-order valence-electron chi connectivity index (χ4n) is 1.57. The third-order valence-corrected chi connectivity index (χ3v) is 2.38. The summed E-state index contributed by atoms with van der Waals surface area (Å²) in [6, 6.07) is 4.94. The number of halogens is 1. The molecule has 0 fully saturated rings. The van der Waals surface area contributed by atoms with Crippen molar-refractivity contribution in [2.24, 2.45) is 0 Å². The normalized spacial score (nSPS) is 10.7. The number of hydrogen-bond acceptors (Lipinski definition) is 2. The molecule has 0 aliphatic heterocycles. The molecule has 84 valence electrons. The van der Waals surface area contributed by atoms with Crippen molar-refractivity contribution in [3.05, 3.63) is 35.4 Å². The van der Waals surface area contributed by atoms with Crippen molar-refractivity contribution >= 4 is 0 Å². The number of benzene rings is 1. The molecule has 0 amide bonds. The van der Waals surface area contributed by atoms with E-state index in [1.54, 1.807) is 12.1 Å². The minimum atomic E-state index is -0.285. The van der Waals surface area contributed by atoms with Crippen LogP contribution in [0.5, 0.6) is 0 Å². The number of aryl methyl sites for hydroxylation is 2. The average Bonchev–Trinajstić information content (AvgIpc) is 2.71. The molecule has 2 rings (SSSR count). The standard InChI is InChI=1S/C12H14FN3/c1-3-4-11-14-12(16-15-11)9-7-8(2)5-6-10(9)13/h5-7H,3-4H2,1-2H3,(H,14,15,16). The number of aromatic nitrogens is 3. The van der Waals surface area contributed by atoms with Crippen LogP contribution in [0.1, 0.15) is 24.7 Å². The second kappa shape index (κ2) is 4.43. The van der Waals surface area contributed by atoms with Crippen molar-refractivity contribution in [3.8, 4) is 11.4 Å². The lowest BCUT2D eigenvalue weighted by atomic mass is 10.1. The summed E-state index contributed by atoms with van der Waals surface area (Å²) >= 11 is 0. The molecule has 0 aliphatic carbocycles. The van der Waals surface area contributed by atoms with Crippen LogP contribution >= 0.6 is 0 Å². The SMILES string of the molecule is CCCc1nc(-c2cc(C)ccc2F)n[nH]1. The van der Waals surface area contributed by atoms with Gasteiger partial charge in [-0.1, -0.05) is 18.6 Å². The number of hydrogen-bond donors (Lipinski definition) is 1. The molecular formula is C12H14FN3. The predicted octanol–water partition coefficient (Wildman–Crippen LogP) is 2.87. The Morgan fingerprint density at radius 3 is 2.94 bits per heavy atom. The Kier molecular flexibility index (Phi) is 2.99. The lowest BCUT2D eigenvalue weighted by Gasteiger charge is -1.99. The zero-order valence-corrected chi connectivity index (χ0v) is 9.42. The summed E-state index contributed by atoms with van der Waals surface area (Å²) in [5.74, 6) is 0.954. The van der Waals surface area contributed by atoms with Gasteiger partial charge in [-0.25, -0.2) is 9.37 Å². The van der Waals surface area contributed by atoms with E-state index in [2.05, 4.69) is 22.1 Å². The molecule has 1 aromatic carbocycles. The molecule has 1 heterocycles. The van der Waals surface area contributed by atoms with Crippen LogP contribution in [0.2, 0.25) is 0 Å². The van der Waals surface area contributed by atoms with Crippen LogP contribution in [0.3, 0.4) is 0 Å². The van der Waals surface area contributed by atoms with Crippen molar-refractivity contribution in [2.75, 3.05) is 0 Å². The smallest absolute Gasteiger partial charge is 0.184 e. The first-order chi connectivity index (χ1) is 7.70. The van der Waals surface area contributed by atoms with Gasteiger partial charge in [-0.15, -0.1) is 0 Å². The van der Waals surface area contributed by atoms with Gasteiger partial charge < -0.3 is 0 Å². The van der Waals surface area contributed by atoms with Crippen molar-refractivity contribution in [3.63, 3.8) is 0 Å². The van der Waals surface area contributed by atoms with Gasteiger partial charge in [0.05, 0.1) is 5.56 Å². The Bertz CT molecular complexity index is 491. The third kappa shape index (κ3) is 2.10. The van der Waals surface area contributed by atoms with Crippen molar-refractivity contribution in [2.45, 2.75) is 26.7 Å². The van der Waals surface area contributed by atoms with Crippen LogP contribution in [-0.2, 0) is 6.42 Å². The van der Waals surface area contributed by atoms with Gasteiger partial charge in [0, 0.05) is 6.42 Å². The minimum Gasteiger partial charge on any atom is -0.263 e. The van der Waals surface area contributed by atoms with Gasteiger partial charge in [-0.3, -0.25) is 5.10 Å². The minimum absolute atomic E-state index is 0.285. The topological polar surface area (TPSA) is 41.6 Å². The molecule has 0 saturated carbocycles. The van der Waals surface area contributed by atoms with Gasteiger partial charge in [0.2, 0.25) is 0 Å². The molecule has 1 aromatic heterocycles. The molecule has 16 heavy (non-hydrogen) atoms. The summed E-state index contributed by atoms with van der Waals surface area (Å²) in [5, 5.41) is 6.85. The van der Waals surface area contributed by atoms with Gasteiger partial charge in [-0.05, 0) is 25.5 Å². The highest BCUT2D eigenvalue weighted by molar-refractivity contribution is 5.56. The Morgan fingerprint density at radius 2 is 2.19 bits per heavy atom. The second-order valence-electron chi connectivity index (χ2n) is 3.84. The Morgan fingerprint density at radius 1 is 1.38 bits per heavy atom. The molecule has 0 radical (unpaired) electrons. The fraction of sp³-hybridized carbons (Fsp3) is 0.333. The van der Waals surface area contributed by atoms with Crippen molar-refractivity contribution in [1.29, 1.82) is 0 Å². The van der Waals surface area contributed by atoms with E-state index in [0.717, 1.165) is 24.2 Å². The van der Waals surface area contributed by atoms with Crippen LogP contribution in [0, 0.1) is 12.7 Å².